The molecule has 0 saturated heterocycles. The number of pyridine rings is 1. The number of amidine groups is 1. The fraction of sp³-hybridized carbons (Fsp3) is 0.448. The van der Waals surface area contributed by atoms with Gasteiger partial charge in [0.15, 0.2) is 0 Å². The Morgan fingerprint density at radius 3 is 2.05 bits per heavy atom. The van der Waals surface area contributed by atoms with Gasteiger partial charge in [0.1, 0.15) is 36.1 Å². The lowest BCUT2D eigenvalue weighted by atomic mass is 10.1. The molecule has 0 saturated carbocycles. The van der Waals surface area contributed by atoms with Crippen molar-refractivity contribution in [3.05, 3.63) is 123 Å². The number of rotatable bonds is 33. The maximum absolute atomic E-state index is 13.9. The standard InChI is InChI=1S/C58H76N10O15S/c1-7-44(65-56(75)45(32-51(71)80-5)66-58(77)83-36-40-15-9-8-10-16-40)55(74)62-25-14-28-82-27-13-24-61-50(70)21-20-49(69)60-23-12-26-68-35-43(52(72)42-19-18-41(31-47(42)68)33-63-48-17-11-22-59-48)54(73)64-34-46(57(76)81-6)67-84(78,79)53-38(3)29-37(2)30-39(53)4/h8-11,15-16,18-19,22,29-31,35,44-46,67H,7,12-14,17,20-21,23-28,32-34,36H2,1-6H3,(H,59,63)(H,60,69)(H,61,70)(H,62,74)(H,64,73)(H,65,75)(H,66,77)/t44-,45-,46+/m1/s1. The van der Waals surface area contributed by atoms with Crippen LogP contribution in [0.3, 0.4) is 0 Å². The molecule has 0 unspecified atom stereocenters. The van der Waals surface area contributed by atoms with Gasteiger partial charge in [0.2, 0.25) is 39.1 Å². The van der Waals surface area contributed by atoms with E-state index in [4.69, 9.17) is 14.2 Å². The molecule has 0 spiro atoms. The predicted octanol–water partition coefficient (Wildman–Crippen LogP) is 2.65. The van der Waals surface area contributed by atoms with Crippen LogP contribution in [0.25, 0.3) is 10.9 Å². The van der Waals surface area contributed by atoms with Crippen molar-refractivity contribution < 1.29 is 65.7 Å². The van der Waals surface area contributed by atoms with Gasteiger partial charge in [0, 0.05) is 76.8 Å². The number of carbonyl (C=O) groups is 8. The number of aliphatic imine (C=N–C) groups is 1. The van der Waals surface area contributed by atoms with E-state index in [1.807, 2.05) is 19.1 Å². The Morgan fingerprint density at radius 2 is 1.42 bits per heavy atom. The van der Waals surface area contributed by atoms with Gasteiger partial charge in [-0.3, -0.25) is 43.3 Å². The molecule has 2 heterocycles. The molecular weight excluding hydrogens is 1110 g/mol. The predicted molar refractivity (Wildman–Crippen MR) is 311 cm³/mol. The van der Waals surface area contributed by atoms with Crippen LogP contribution in [-0.4, -0.2) is 138 Å². The van der Waals surface area contributed by atoms with Crippen LogP contribution in [0.15, 0.2) is 93.8 Å². The van der Waals surface area contributed by atoms with Crippen molar-refractivity contribution in [1.82, 2.24) is 46.5 Å². The minimum absolute atomic E-state index is 0.0131. The van der Waals surface area contributed by atoms with E-state index in [1.165, 1.54) is 6.20 Å². The number of alkyl carbamates (subject to hydrolysis) is 1. The highest BCUT2D eigenvalue weighted by Gasteiger charge is 2.31. The molecule has 6 amide bonds. The zero-order valence-corrected chi connectivity index (χ0v) is 49.0. The molecule has 4 aromatic rings. The first kappa shape index (κ1) is 66.3. The molecule has 8 N–H and O–H groups in total. The van der Waals surface area contributed by atoms with Crippen LogP contribution < -0.4 is 47.4 Å². The number of aromatic nitrogens is 1. The highest BCUT2D eigenvalue weighted by atomic mass is 32.2. The third kappa shape index (κ3) is 21.0. The maximum atomic E-state index is 13.9. The lowest BCUT2D eigenvalue weighted by Gasteiger charge is -2.22. The summed E-state index contributed by atoms with van der Waals surface area (Å²) in [5, 5.41) is 19.1. The summed E-state index contributed by atoms with van der Waals surface area (Å²) < 4.78 is 51.6. The summed E-state index contributed by atoms with van der Waals surface area (Å²) in [6.45, 7) is 8.01. The van der Waals surface area contributed by atoms with Gasteiger partial charge in [-0.05, 0) is 87.0 Å². The molecule has 3 atom stereocenters. The summed E-state index contributed by atoms with van der Waals surface area (Å²) in [6, 6.07) is 13.5. The van der Waals surface area contributed by atoms with Crippen molar-refractivity contribution in [2.75, 3.05) is 53.6 Å². The minimum Gasteiger partial charge on any atom is -0.469 e. The van der Waals surface area contributed by atoms with E-state index in [2.05, 4.69) is 51.7 Å². The van der Waals surface area contributed by atoms with E-state index in [-0.39, 0.29) is 79.8 Å². The Bertz CT molecular complexity index is 3190. The van der Waals surface area contributed by atoms with Crippen molar-refractivity contribution in [2.24, 2.45) is 4.99 Å². The normalized spacial score (nSPS) is 13.4. The molecule has 1 aliphatic heterocycles. The monoisotopic (exact) mass is 1180 g/mol. The van der Waals surface area contributed by atoms with E-state index < -0.39 is 82.3 Å². The second-order valence-electron chi connectivity index (χ2n) is 19.7. The second kappa shape index (κ2) is 33.6. The maximum Gasteiger partial charge on any atom is 0.408 e. The van der Waals surface area contributed by atoms with Gasteiger partial charge in [-0.1, -0.05) is 67.1 Å². The summed E-state index contributed by atoms with van der Waals surface area (Å²) in [6.07, 6.45) is 5.67. The topological polar surface area (TPSA) is 338 Å². The smallest absolute Gasteiger partial charge is 0.408 e. The molecule has 0 fully saturated rings. The summed E-state index contributed by atoms with van der Waals surface area (Å²) in [5.74, 6) is -3.75. The highest BCUT2D eigenvalue weighted by molar-refractivity contribution is 7.89. The van der Waals surface area contributed by atoms with Gasteiger partial charge in [-0.15, -0.1) is 0 Å². The van der Waals surface area contributed by atoms with Crippen LogP contribution in [0.2, 0.25) is 0 Å². The Balaban J connectivity index is 1.03. The van der Waals surface area contributed by atoms with Gasteiger partial charge in [0.05, 0.1) is 37.6 Å². The molecule has 5 rings (SSSR count). The molecule has 1 aromatic heterocycles. The number of nitrogens with zero attached hydrogens (tertiary/aromatic N) is 2. The van der Waals surface area contributed by atoms with Gasteiger partial charge in [0.25, 0.3) is 5.91 Å². The highest BCUT2D eigenvalue weighted by Crippen LogP contribution is 2.22. The van der Waals surface area contributed by atoms with Gasteiger partial charge in [-0.2, -0.15) is 4.72 Å². The molecular formula is C58H76N10O15S. The van der Waals surface area contributed by atoms with Gasteiger partial charge < -0.3 is 60.7 Å². The Hall–Kier alpha value is -8.49. The Labute approximate surface area is 487 Å². The van der Waals surface area contributed by atoms with Crippen molar-refractivity contribution in [3.63, 3.8) is 0 Å². The summed E-state index contributed by atoms with van der Waals surface area (Å²) in [4.78, 5) is 121. The van der Waals surface area contributed by atoms with Crippen molar-refractivity contribution in [2.45, 2.75) is 122 Å². The first-order valence-corrected chi connectivity index (χ1v) is 29.0. The zero-order chi connectivity index (χ0) is 61.2. The number of carbonyl (C=O) groups excluding carboxylic acids is 8. The summed E-state index contributed by atoms with van der Waals surface area (Å²) in [5.41, 5.74) is 2.90. The average molecular weight is 1190 g/mol. The molecule has 454 valence electrons. The van der Waals surface area contributed by atoms with E-state index in [1.54, 1.807) is 86.1 Å². The van der Waals surface area contributed by atoms with Crippen LogP contribution in [0, 0.1) is 20.8 Å². The van der Waals surface area contributed by atoms with Gasteiger partial charge >= 0.3 is 18.0 Å². The first-order valence-electron chi connectivity index (χ1n) is 27.5. The van der Waals surface area contributed by atoms with Crippen molar-refractivity contribution in [1.29, 1.82) is 0 Å². The van der Waals surface area contributed by atoms with E-state index in [9.17, 15) is 51.6 Å². The van der Waals surface area contributed by atoms with Crippen LogP contribution in [-0.2, 0) is 77.4 Å². The number of aryl methyl sites for hydroxylation is 4. The molecule has 84 heavy (non-hydrogen) atoms. The third-order valence-corrected chi connectivity index (χ3v) is 14.9. The van der Waals surface area contributed by atoms with Gasteiger partial charge in [-0.25, -0.2) is 13.2 Å². The fourth-order valence-corrected chi connectivity index (χ4v) is 10.5. The third-order valence-electron chi connectivity index (χ3n) is 13.1. The molecule has 0 aliphatic carbocycles. The number of hydrogen-bond donors (Lipinski definition) is 8. The number of ether oxygens (including phenoxy) is 4. The number of esters is 2. The fourth-order valence-electron chi connectivity index (χ4n) is 8.89. The van der Waals surface area contributed by atoms with Crippen molar-refractivity contribution in [3.8, 4) is 0 Å². The summed E-state index contributed by atoms with van der Waals surface area (Å²) >= 11 is 0. The van der Waals surface area contributed by atoms with E-state index >= 15 is 0 Å². The Kier molecular flexibility index (Phi) is 26.5. The summed E-state index contributed by atoms with van der Waals surface area (Å²) in [7, 11) is -2.06. The second-order valence-corrected chi connectivity index (χ2v) is 21.4. The molecule has 25 nitrogen and oxygen atoms in total. The lowest BCUT2D eigenvalue weighted by molar-refractivity contribution is -0.143. The van der Waals surface area contributed by atoms with Crippen LogP contribution in [0.4, 0.5) is 4.79 Å². The number of sulfonamides is 1. The average Bonchev–Trinajstić information content (AvgIpc) is 3.40. The zero-order valence-electron chi connectivity index (χ0n) is 48.2. The first-order chi connectivity index (χ1) is 40.2. The van der Waals surface area contributed by atoms with Crippen LogP contribution in [0.1, 0.15) is 96.5 Å². The van der Waals surface area contributed by atoms with Crippen LogP contribution >= 0.6 is 0 Å². The number of nitrogens with one attached hydrogen (secondary N) is 8. The van der Waals surface area contributed by atoms with E-state index in [0.29, 0.717) is 67.6 Å². The number of methoxy groups -OCH3 is 2. The molecule has 0 radical (unpaired) electrons. The largest absolute Gasteiger partial charge is 0.469 e. The lowest BCUT2D eigenvalue weighted by Crippen LogP contribution is -2.54. The number of benzene rings is 3. The molecule has 0 bridgehead atoms. The molecule has 1 aliphatic rings. The van der Waals surface area contributed by atoms with Crippen LogP contribution in [0.5, 0.6) is 0 Å². The quantitative estimate of drug-likeness (QED) is 0.0193. The van der Waals surface area contributed by atoms with Crippen molar-refractivity contribution >= 4 is 74.3 Å². The molecule has 26 heteroatoms. The number of hydrogen-bond acceptors (Lipinski definition) is 16. The number of amides is 6. The minimum atomic E-state index is -4.28. The van der Waals surface area contributed by atoms with E-state index in [0.717, 1.165) is 31.2 Å². The Morgan fingerprint density at radius 1 is 0.750 bits per heavy atom. The SMILES string of the molecule is CC[C@@H](NC(=O)[C@@H](CC(=O)OC)NC(=O)OCc1ccccc1)C(=O)NCCCOCCCNC(=O)CCC(=O)NCCCn1cc(C(=O)NC[C@H](NS(=O)(=O)c2c(C)cc(C)cc2C)C(=O)OC)c(=O)c2ccc(CN=C3CC=CN3)cc21. The number of fused-ring (bicyclic) bond motifs is 1. The molecule has 3 aromatic carbocycles.